The smallest absolute Gasteiger partial charge is 0.336 e. The van der Waals surface area contributed by atoms with Crippen molar-refractivity contribution in [3.63, 3.8) is 0 Å². The van der Waals surface area contributed by atoms with Crippen molar-refractivity contribution in [3.05, 3.63) is 36.0 Å². The first-order chi connectivity index (χ1) is 4.22. The number of rotatable bonds is 1. The maximum atomic E-state index is 10.2. The summed E-state index contributed by atoms with van der Waals surface area (Å²) in [6.07, 6.45) is 4.87. The van der Waals surface area contributed by atoms with Crippen LogP contribution in [0.3, 0.4) is 0 Å². The molecule has 1 rings (SSSR count). The third-order valence-corrected chi connectivity index (χ3v) is 1.14. The van der Waals surface area contributed by atoms with E-state index < -0.39 is 5.97 Å². The van der Waals surface area contributed by atoms with Crippen LogP contribution in [0.1, 0.15) is 0 Å². The molecule has 0 aliphatic heterocycles. The Labute approximate surface area is 74.9 Å². The summed E-state index contributed by atoms with van der Waals surface area (Å²) in [6.45, 7) is 3.52. The van der Waals surface area contributed by atoms with Gasteiger partial charge in [-0.25, -0.2) is 4.79 Å². The molecule has 0 atom stereocenters. The average molecular weight is 196 g/mol. The quantitative estimate of drug-likeness (QED) is 0.612. The van der Waals surface area contributed by atoms with Gasteiger partial charge >= 0.3 is 5.97 Å². The SMILES string of the molecule is C=C1C=CC=C1C(=O)O.O.[Fe]. The topological polar surface area (TPSA) is 68.8 Å². The van der Waals surface area contributed by atoms with Gasteiger partial charge in [0.05, 0.1) is 5.57 Å². The first kappa shape index (κ1) is 12.8. The second-order valence-electron chi connectivity index (χ2n) is 1.77. The maximum Gasteiger partial charge on any atom is 0.336 e. The molecular formula is C7H8FeO3. The third-order valence-electron chi connectivity index (χ3n) is 1.14. The summed E-state index contributed by atoms with van der Waals surface area (Å²) < 4.78 is 0. The predicted octanol–water partition coefficient (Wildman–Crippen LogP) is 0.296. The van der Waals surface area contributed by atoms with Crippen LogP contribution in [0.4, 0.5) is 0 Å². The number of carboxylic acids is 1. The number of hydrogen-bond acceptors (Lipinski definition) is 1. The van der Waals surface area contributed by atoms with Crippen LogP contribution in [-0.4, -0.2) is 16.6 Å². The molecule has 0 fully saturated rings. The average Bonchev–Trinajstić information content (AvgIpc) is 2.13. The zero-order chi connectivity index (χ0) is 6.85. The summed E-state index contributed by atoms with van der Waals surface area (Å²) in [5.41, 5.74) is 0.859. The molecule has 3 N–H and O–H groups in total. The third kappa shape index (κ3) is 2.72. The van der Waals surface area contributed by atoms with E-state index >= 15 is 0 Å². The Kier molecular flexibility index (Phi) is 5.71. The van der Waals surface area contributed by atoms with Gasteiger partial charge in [0.2, 0.25) is 0 Å². The molecular weight excluding hydrogens is 188 g/mol. The van der Waals surface area contributed by atoms with Crippen molar-refractivity contribution in [1.29, 1.82) is 0 Å². The Morgan fingerprint density at radius 3 is 2.27 bits per heavy atom. The second kappa shape index (κ2) is 4.91. The van der Waals surface area contributed by atoms with E-state index in [9.17, 15) is 4.79 Å². The fraction of sp³-hybridized carbons (Fsp3) is 0. The molecule has 0 saturated heterocycles. The Bertz CT molecular complexity index is 228. The van der Waals surface area contributed by atoms with Crippen LogP contribution in [0.5, 0.6) is 0 Å². The zero-order valence-corrected chi connectivity index (χ0v) is 6.75. The van der Waals surface area contributed by atoms with Crippen molar-refractivity contribution in [2.24, 2.45) is 0 Å². The van der Waals surface area contributed by atoms with Gasteiger partial charge in [-0.15, -0.1) is 0 Å². The van der Waals surface area contributed by atoms with Gasteiger partial charge in [0.15, 0.2) is 0 Å². The number of aliphatic carboxylic acids is 1. The van der Waals surface area contributed by atoms with E-state index in [0.29, 0.717) is 5.57 Å². The molecule has 1 aliphatic carbocycles. The minimum absolute atomic E-state index is 0. The summed E-state index contributed by atoms with van der Waals surface area (Å²) in [6, 6.07) is 0. The summed E-state index contributed by atoms with van der Waals surface area (Å²) in [5.74, 6) is -0.912. The minimum Gasteiger partial charge on any atom is -0.478 e. The molecule has 1 aliphatic rings. The van der Waals surface area contributed by atoms with Crippen molar-refractivity contribution in [3.8, 4) is 0 Å². The Balaban J connectivity index is 0. The first-order valence-corrected chi connectivity index (χ1v) is 2.53. The second-order valence-corrected chi connectivity index (χ2v) is 1.77. The van der Waals surface area contributed by atoms with Crippen molar-refractivity contribution in [1.82, 2.24) is 0 Å². The molecule has 0 bridgehead atoms. The minimum atomic E-state index is -0.912. The Morgan fingerprint density at radius 1 is 1.55 bits per heavy atom. The number of carboxylic acid groups (broad SMARTS) is 1. The largest absolute Gasteiger partial charge is 0.478 e. The van der Waals surface area contributed by atoms with Crippen LogP contribution in [0.25, 0.3) is 0 Å². The van der Waals surface area contributed by atoms with Gasteiger partial charge in [-0.05, 0) is 11.6 Å². The van der Waals surface area contributed by atoms with E-state index in [4.69, 9.17) is 5.11 Å². The fourth-order valence-electron chi connectivity index (χ4n) is 0.666. The van der Waals surface area contributed by atoms with E-state index in [1.165, 1.54) is 6.08 Å². The molecule has 3 nitrogen and oxygen atoms in total. The van der Waals surface area contributed by atoms with Crippen molar-refractivity contribution in [2.45, 2.75) is 0 Å². The standard InChI is InChI=1S/C7H6O2.Fe.H2O/c1-5-3-2-4-6(5)7(8)9;;/h2-4H,1H2,(H,8,9);;1H2. The summed E-state index contributed by atoms with van der Waals surface area (Å²) in [5, 5.41) is 8.41. The Morgan fingerprint density at radius 2 is 2.09 bits per heavy atom. The van der Waals surface area contributed by atoms with Gasteiger partial charge in [0.1, 0.15) is 0 Å². The molecule has 0 heterocycles. The molecule has 62 valence electrons. The van der Waals surface area contributed by atoms with Crippen LogP contribution >= 0.6 is 0 Å². The van der Waals surface area contributed by atoms with E-state index in [0.717, 1.165) is 0 Å². The normalized spacial score (nSPS) is 13.1. The molecule has 0 aromatic heterocycles. The van der Waals surface area contributed by atoms with Crippen molar-refractivity contribution >= 4 is 5.97 Å². The molecule has 0 aromatic rings. The van der Waals surface area contributed by atoms with Crippen LogP contribution in [0.15, 0.2) is 36.0 Å². The van der Waals surface area contributed by atoms with E-state index in [1.807, 2.05) is 0 Å². The number of allylic oxidation sites excluding steroid dienone is 3. The van der Waals surface area contributed by atoms with Crippen molar-refractivity contribution < 1.29 is 32.4 Å². The molecule has 0 spiro atoms. The van der Waals surface area contributed by atoms with Crippen molar-refractivity contribution in [2.75, 3.05) is 0 Å². The number of carbonyl (C=O) groups is 1. The van der Waals surface area contributed by atoms with E-state index in [1.54, 1.807) is 12.2 Å². The molecule has 0 amide bonds. The van der Waals surface area contributed by atoms with Crippen LogP contribution in [0, 0.1) is 0 Å². The van der Waals surface area contributed by atoms with Gasteiger partial charge in [-0.2, -0.15) is 0 Å². The molecule has 0 radical (unpaired) electrons. The Hall–Kier alpha value is -0.831. The van der Waals surface area contributed by atoms with Crippen LogP contribution in [-0.2, 0) is 21.9 Å². The van der Waals surface area contributed by atoms with E-state index in [2.05, 4.69) is 6.58 Å². The van der Waals surface area contributed by atoms with Gasteiger partial charge in [-0.3, -0.25) is 0 Å². The summed E-state index contributed by atoms with van der Waals surface area (Å²) >= 11 is 0. The van der Waals surface area contributed by atoms with Crippen LogP contribution < -0.4 is 0 Å². The molecule has 0 aromatic carbocycles. The van der Waals surface area contributed by atoms with Gasteiger partial charge < -0.3 is 10.6 Å². The predicted molar refractivity (Wildman–Crippen MR) is 37.6 cm³/mol. The molecule has 11 heavy (non-hydrogen) atoms. The summed E-state index contributed by atoms with van der Waals surface area (Å²) in [7, 11) is 0. The van der Waals surface area contributed by atoms with E-state index in [-0.39, 0.29) is 28.1 Å². The van der Waals surface area contributed by atoms with Gasteiger partial charge in [-0.1, -0.05) is 18.7 Å². The first-order valence-electron chi connectivity index (χ1n) is 2.53. The molecule has 0 unspecified atom stereocenters. The maximum absolute atomic E-state index is 10.2. The van der Waals surface area contributed by atoms with Gasteiger partial charge in [0, 0.05) is 17.1 Å². The monoisotopic (exact) mass is 196 g/mol. The molecule has 0 saturated carbocycles. The zero-order valence-electron chi connectivity index (χ0n) is 5.65. The summed E-state index contributed by atoms with van der Waals surface area (Å²) in [4.78, 5) is 10.2. The van der Waals surface area contributed by atoms with Crippen LogP contribution in [0.2, 0.25) is 0 Å². The number of hydrogen-bond donors (Lipinski definition) is 1. The molecule has 4 heteroatoms. The fourth-order valence-corrected chi connectivity index (χ4v) is 0.666. The van der Waals surface area contributed by atoms with Gasteiger partial charge in [0.25, 0.3) is 0 Å².